The van der Waals surface area contributed by atoms with Crippen molar-refractivity contribution < 1.29 is 14.3 Å². The molecular formula is C21H26BrClN2O3. The number of hydrogen-bond acceptors (Lipinski definition) is 5. The van der Waals surface area contributed by atoms with Gasteiger partial charge in [0.2, 0.25) is 0 Å². The predicted octanol–water partition coefficient (Wildman–Crippen LogP) is 4.11. The van der Waals surface area contributed by atoms with Crippen molar-refractivity contribution in [2.75, 3.05) is 32.0 Å². The molecule has 5 nitrogen and oxygen atoms in total. The van der Waals surface area contributed by atoms with Gasteiger partial charge in [0.05, 0.1) is 6.42 Å². The minimum absolute atomic E-state index is 0. The van der Waals surface area contributed by atoms with Crippen LogP contribution in [0.15, 0.2) is 46.9 Å². The smallest absolute Gasteiger partial charge is 0.310 e. The monoisotopic (exact) mass is 468 g/mol. The molecule has 0 saturated carbocycles. The lowest BCUT2D eigenvalue weighted by atomic mass is 9.98. The summed E-state index contributed by atoms with van der Waals surface area (Å²) in [7, 11) is 0. The number of nitrogens with zero attached hydrogens (tertiary/aromatic N) is 1. The van der Waals surface area contributed by atoms with Crippen molar-refractivity contribution in [1.82, 2.24) is 4.90 Å². The number of ketones is 1. The quantitative estimate of drug-likeness (QED) is 0.340. The number of nitrogens with two attached hydrogens (primary N) is 1. The van der Waals surface area contributed by atoms with Gasteiger partial charge in [-0.15, -0.1) is 12.4 Å². The van der Waals surface area contributed by atoms with E-state index in [0.29, 0.717) is 35.5 Å². The zero-order chi connectivity index (χ0) is 19.8. The van der Waals surface area contributed by atoms with E-state index >= 15 is 0 Å². The molecule has 0 aliphatic heterocycles. The maximum Gasteiger partial charge on any atom is 0.310 e. The molecule has 2 N–H and O–H groups in total. The van der Waals surface area contributed by atoms with Crippen LogP contribution in [0.2, 0.25) is 0 Å². The Bertz CT molecular complexity index is 793. The highest BCUT2D eigenvalue weighted by molar-refractivity contribution is 9.10. The van der Waals surface area contributed by atoms with Gasteiger partial charge in [-0.1, -0.05) is 41.9 Å². The maximum atomic E-state index is 12.7. The van der Waals surface area contributed by atoms with E-state index in [1.165, 1.54) is 0 Å². The Morgan fingerprint density at radius 2 is 1.71 bits per heavy atom. The van der Waals surface area contributed by atoms with Gasteiger partial charge in [0.1, 0.15) is 6.61 Å². The molecule has 0 amide bonds. The van der Waals surface area contributed by atoms with Crippen molar-refractivity contribution in [1.29, 1.82) is 0 Å². The highest BCUT2D eigenvalue weighted by atomic mass is 79.9. The lowest BCUT2D eigenvalue weighted by Crippen LogP contribution is -2.28. The van der Waals surface area contributed by atoms with E-state index in [4.69, 9.17) is 10.5 Å². The standard InChI is InChI=1S/C21H25BrN2O3.ClH/c1-3-24(4-2)12-13-27-19(25)14-16-6-5-7-18(20(16)23)21(26)15-8-10-17(22)11-9-15;/h5-11H,3-4,12-14,23H2,1-2H3;1H. The SMILES string of the molecule is CCN(CC)CCOC(=O)Cc1cccc(C(=O)c2ccc(Br)cc2)c1N.Cl. The van der Waals surface area contributed by atoms with Gasteiger partial charge in [0.25, 0.3) is 0 Å². The summed E-state index contributed by atoms with van der Waals surface area (Å²) < 4.78 is 6.20. The zero-order valence-corrected chi connectivity index (χ0v) is 18.5. The van der Waals surface area contributed by atoms with Crippen LogP contribution < -0.4 is 5.73 Å². The fraction of sp³-hybridized carbons (Fsp3) is 0.333. The Balaban J connectivity index is 0.00000392. The number of carbonyl (C=O) groups is 2. The second-order valence-corrected chi connectivity index (χ2v) is 7.05. The molecule has 0 atom stereocenters. The minimum Gasteiger partial charge on any atom is -0.464 e. The number of anilines is 1. The second-order valence-electron chi connectivity index (χ2n) is 6.14. The van der Waals surface area contributed by atoms with Crippen molar-refractivity contribution >= 4 is 45.8 Å². The first-order chi connectivity index (χ1) is 13.0. The van der Waals surface area contributed by atoms with Crippen molar-refractivity contribution in [3.05, 3.63) is 63.6 Å². The summed E-state index contributed by atoms with van der Waals surface area (Å²) >= 11 is 3.35. The summed E-state index contributed by atoms with van der Waals surface area (Å²) in [6.07, 6.45) is 0.0472. The van der Waals surface area contributed by atoms with Gasteiger partial charge in [-0.05, 0) is 49.0 Å². The van der Waals surface area contributed by atoms with Gasteiger partial charge in [0, 0.05) is 27.8 Å². The molecule has 0 aliphatic carbocycles. The van der Waals surface area contributed by atoms with Gasteiger partial charge in [-0.25, -0.2) is 0 Å². The number of ether oxygens (including phenoxy) is 1. The van der Waals surface area contributed by atoms with Gasteiger partial charge in [-0.3, -0.25) is 9.59 Å². The van der Waals surface area contributed by atoms with Crippen LogP contribution in [-0.4, -0.2) is 42.9 Å². The fourth-order valence-electron chi connectivity index (χ4n) is 2.76. The van der Waals surface area contributed by atoms with E-state index in [9.17, 15) is 9.59 Å². The Kier molecular flexibility index (Phi) is 10.2. The Labute approximate surface area is 180 Å². The van der Waals surface area contributed by atoms with E-state index in [0.717, 1.165) is 17.6 Å². The van der Waals surface area contributed by atoms with Gasteiger partial charge < -0.3 is 15.4 Å². The number of para-hydroxylation sites is 1. The Hall–Kier alpha value is -1.89. The van der Waals surface area contributed by atoms with Crippen molar-refractivity contribution in [2.24, 2.45) is 0 Å². The first-order valence-corrected chi connectivity index (χ1v) is 9.81. The number of carbonyl (C=O) groups excluding carboxylic acids is 2. The van der Waals surface area contributed by atoms with E-state index in [-0.39, 0.29) is 30.6 Å². The topological polar surface area (TPSA) is 72.6 Å². The summed E-state index contributed by atoms with van der Waals surface area (Å²) in [5.41, 5.74) is 8.04. The van der Waals surface area contributed by atoms with Crippen LogP contribution in [0.4, 0.5) is 5.69 Å². The Morgan fingerprint density at radius 1 is 1.07 bits per heavy atom. The zero-order valence-electron chi connectivity index (χ0n) is 16.1. The second kappa shape index (κ2) is 11.8. The number of hydrogen-bond donors (Lipinski definition) is 1. The molecule has 0 aromatic heterocycles. The number of benzene rings is 2. The number of rotatable bonds is 9. The van der Waals surface area contributed by atoms with Crippen molar-refractivity contribution in [3.63, 3.8) is 0 Å². The molecule has 0 aliphatic rings. The van der Waals surface area contributed by atoms with Crippen LogP contribution in [0.1, 0.15) is 35.3 Å². The molecule has 0 heterocycles. The average Bonchev–Trinajstić information content (AvgIpc) is 2.67. The highest BCUT2D eigenvalue weighted by Crippen LogP contribution is 2.22. The van der Waals surface area contributed by atoms with Crippen LogP contribution in [0.25, 0.3) is 0 Å². The fourth-order valence-corrected chi connectivity index (χ4v) is 3.02. The first-order valence-electron chi connectivity index (χ1n) is 9.01. The van der Waals surface area contributed by atoms with E-state index < -0.39 is 0 Å². The predicted molar refractivity (Wildman–Crippen MR) is 118 cm³/mol. The third-order valence-electron chi connectivity index (χ3n) is 4.45. The normalized spacial score (nSPS) is 10.4. The van der Waals surface area contributed by atoms with E-state index in [1.54, 1.807) is 42.5 Å². The minimum atomic E-state index is -0.345. The summed E-state index contributed by atoms with van der Waals surface area (Å²) in [5.74, 6) is -0.515. The largest absolute Gasteiger partial charge is 0.464 e. The molecule has 0 unspecified atom stereocenters. The number of likely N-dealkylation sites (N-methyl/N-ethyl adjacent to an activating group) is 1. The third-order valence-corrected chi connectivity index (χ3v) is 4.98. The lowest BCUT2D eigenvalue weighted by Gasteiger charge is -2.17. The summed E-state index contributed by atoms with van der Waals surface area (Å²) in [4.78, 5) is 27.0. The third kappa shape index (κ3) is 6.62. The summed E-state index contributed by atoms with van der Waals surface area (Å²) in [6.45, 7) is 7.02. The molecule has 0 radical (unpaired) electrons. The van der Waals surface area contributed by atoms with Crippen molar-refractivity contribution in [3.8, 4) is 0 Å². The molecule has 152 valence electrons. The molecule has 0 bridgehead atoms. The lowest BCUT2D eigenvalue weighted by molar-refractivity contribution is -0.143. The molecular weight excluding hydrogens is 444 g/mol. The van der Waals surface area contributed by atoms with Crippen molar-refractivity contribution in [2.45, 2.75) is 20.3 Å². The molecule has 28 heavy (non-hydrogen) atoms. The van der Waals surface area contributed by atoms with E-state index in [2.05, 4.69) is 34.7 Å². The number of halogens is 2. The van der Waals surface area contributed by atoms with Crippen LogP contribution >= 0.6 is 28.3 Å². The number of esters is 1. The first kappa shape index (κ1) is 24.1. The Morgan fingerprint density at radius 3 is 2.32 bits per heavy atom. The molecule has 7 heteroatoms. The summed E-state index contributed by atoms with van der Waals surface area (Å²) in [6, 6.07) is 12.2. The number of nitrogen functional groups attached to an aromatic ring is 1. The van der Waals surface area contributed by atoms with Gasteiger partial charge in [0.15, 0.2) is 5.78 Å². The molecule has 2 rings (SSSR count). The summed E-state index contributed by atoms with van der Waals surface area (Å²) in [5, 5.41) is 0. The highest BCUT2D eigenvalue weighted by Gasteiger charge is 2.16. The van der Waals surface area contributed by atoms with Crippen LogP contribution in [0, 0.1) is 0 Å². The van der Waals surface area contributed by atoms with Crippen LogP contribution in [0.3, 0.4) is 0 Å². The van der Waals surface area contributed by atoms with Gasteiger partial charge in [-0.2, -0.15) is 0 Å². The average molecular weight is 470 g/mol. The molecule has 2 aromatic rings. The molecule has 0 saturated heterocycles. The van der Waals surface area contributed by atoms with Gasteiger partial charge >= 0.3 is 5.97 Å². The van der Waals surface area contributed by atoms with Crippen LogP contribution in [0.5, 0.6) is 0 Å². The molecule has 2 aromatic carbocycles. The van der Waals surface area contributed by atoms with Crippen LogP contribution in [-0.2, 0) is 16.0 Å². The maximum absolute atomic E-state index is 12.7. The van der Waals surface area contributed by atoms with E-state index in [1.807, 2.05) is 0 Å². The molecule has 0 fully saturated rings. The molecule has 0 spiro atoms.